The molecule has 1 saturated carbocycles. The predicted octanol–water partition coefficient (Wildman–Crippen LogP) is 0.962. The Labute approximate surface area is 104 Å². The first kappa shape index (κ1) is 12.1. The van der Waals surface area contributed by atoms with Gasteiger partial charge in [-0.3, -0.25) is 4.79 Å². The second-order valence-electron chi connectivity index (χ2n) is 4.37. The Bertz CT molecular complexity index is 446. The number of nitrogen functional groups attached to an aromatic ring is 1. The third-order valence-corrected chi connectivity index (χ3v) is 3.27. The first-order chi connectivity index (χ1) is 8.00. The Balaban J connectivity index is 2.01. The zero-order valence-corrected chi connectivity index (χ0v) is 10.00. The number of aromatic nitrogens is 1. The van der Waals surface area contributed by atoms with E-state index >= 15 is 0 Å². The number of pyridine rings is 1. The lowest BCUT2D eigenvalue weighted by Crippen LogP contribution is -2.47. The van der Waals surface area contributed by atoms with Gasteiger partial charge in [-0.2, -0.15) is 0 Å². The van der Waals surface area contributed by atoms with Gasteiger partial charge < -0.3 is 16.2 Å². The minimum Gasteiger partial charge on any atom is -0.397 e. The van der Waals surface area contributed by atoms with Crippen LogP contribution in [0.15, 0.2) is 12.3 Å². The summed E-state index contributed by atoms with van der Waals surface area (Å²) in [6.45, 7) is 0.233. The molecule has 6 heteroatoms. The van der Waals surface area contributed by atoms with E-state index in [2.05, 4.69) is 10.3 Å². The van der Waals surface area contributed by atoms with Gasteiger partial charge in [0.15, 0.2) is 0 Å². The van der Waals surface area contributed by atoms with Crippen molar-refractivity contribution in [1.29, 1.82) is 0 Å². The van der Waals surface area contributed by atoms with Crippen molar-refractivity contribution in [2.75, 3.05) is 12.3 Å². The molecule has 17 heavy (non-hydrogen) atoms. The van der Waals surface area contributed by atoms with Crippen molar-refractivity contribution in [3.63, 3.8) is 0 Å². The Morgan fingerprint density at radius 2 is 2.35 bits per heavy atom. The maximum atomic E-state index is 11.8. The van der Waals surface area contributed by atoms with E-state index in [0.29, 0.717) is 5.69 Å². The van der Waals surface area contributed by atoms with Crippen LogP contribution in [0.3, 0.4) is 0 Å². The second-order valence-corrected chi connectivity index (χ2v) is 4.73. The van der Waals surface area contributed by atoms with Gasteiger partial charge in [-0.15, -0.1) is 0 Å². The van der Waals surface area contributed by atoms with Gasteiger partial charge in [0.25, 0.3) is 5.91 Å². The molecular formula is C11H14ClN3O2. The number of nitrogens with zero attached hydrogens (tertiary/aromatic N) is 1. The molecule has 0 unspecified atom stereocenters. The van der Waals surface area contributed by atoms with Crippen LogP contribution in [0, 0.1) is 0 Å². The first-order valence-corrected chi connectivity index (χ1v) is 5.80. The highest BCUT2D eigenvalue weighted by Gasteiger charge is 2.34. The lowest BCUT2D eigenvalue weighted by molar-refractivity contribution is -0.0300. The molecule has 0 atom stereocenters. The number of hydrogen-bond acceptors (Lipinski definition) is 4. The molecule has 0 spiro atoms. The van der Waals surface area contributed by atoms with Gasteiger partial charge in [0.2, 0.25) is 0 Å². The maximum absolute atomic E-state index is 11.8. The van der Waals surface area contributed by atoms with E-state index in [1.165, 1.54) is 12.3 Å². The molecule has 1 aromatic rings. The molecule has 1 heterocycles. The predicted molar refractivity (Wildman–Crippen MR) is 64.8 cm³/mol. The summed E-state index contributed by atoms with van der Waals surface area (Å²) in [6, 6.07) is 1.47. The van der Waals surface area contributed by atoms with Gasteiger partial charge in [0.1, 0.15) is 5.15 Å². The lowest BCUT2D eigenvalue weighted by Gasteiger charge is -2.36. The minimum atomic E-state index is -0.754. The molecule has 1 aliphatic rings. The molecule has 0 bridgehead atoms. The largest absolute Gasteiger partial charge is 0.397 e. The number of hydrogen-bond donors (Lipinski definition) is 3. The van der Waals surface area contributed by atoms with Crippen molar-refractivity contribution in [3.8, 4) is 0 Å². The highest BCUT2D eigenvalue weighted by Crippen LogP contribution is 2.30. The first-order valence-electron chi connectivity index (χ1n) is 5.42. The Hall–Kier alpha value is -1.33. The zero-order valence-electron chi connectivity index (χ0n) is 9.24. The normalized spacial score (nSPS) is 17.3. The van der Waals surface area contributed by atoms with Crippen LogP contribution < -0.4 is 11.1 Å². The fourth-order valence-electron chi connectivity index (χ4n) is 1.73. The van der Waals surface area contributed by atoms with Crippen LogP contribution in [0.25, 0.3) is 0 Å². The summed E-state index contributed by atoms with van der Waals surface area (Å²) in [5.74, 6) is -0.366. The van der Waals surface area contributed by atoms with Gasteiger partial charge in [0.05, 0.1) is 23.0 Å². The maximum Gasteiger partial charge on any atom is 0.254 e. The molecule has 1 fully saturated rings. The number of carbonyl (C=O) groups excluding carboxylic acids is 1. The molecule has 92 valence electrons. The molecule has 0 radical (unpaired) electrons. The van der Waals surface area contributed by atoms with E-state index in [4.69, 9.17) is 17.3 Å². The summed E-state index contributed by atoms with van der Waals surface area (Å²) in [4.78, 5) is 15.6. The molecule has 0 aromatic carbocycles. The van der Waals surface area contributed by atoms with Crippen molar-refractivity contribution >= 4 is 23.2 Å². The molecule has 0 saturated heterocycles. The number of amides is 1. The monoisotopic (exact) mass is 255 g/mol. The topological polar surface area (TPSA) is 88.2 Å². The number of anilines is 1. The zero-order chi connectivity index (χ0) is 12.5. The summed E-state index contributed by atoms with van der Waals surface area (Å²) >= 11 is 5.80. The number of rotatable bonds is 3. The van der Waals surface area contributed by atoms with Gasteiger partial charge in [-0.1, -0.05) is 11.6 Å². The fourth-order valence-corrected chi connectivity index (χ4v) is 1.91. The van der Waals surface area contributed by atoms with Crippen LogP contribution in [-0.2, 0) is 0 Å². The van der Waals surface area contributed by atoms with Gasteiger partial charge in [-0.05, 0) is 25.3 Å². The highest BCUT2D eigenvalue weighted by molar-refractivity contribution is 6.32. The molecule has 1 aliphatic carbocycles. The number of nitrogens with two attached hydrogens (primary N) is 1. The van der Waals surface area contributed by atoms with E-state index in [1.807, 2.05) is 0 Å². The summed E-state index contributed by atoms with van der Waals surface area (Å²) in [7, 11) is 0. The van der Waals surface area contributed by atoms with Crippen molar-refractivity contribution < 1.29 is 9.90 Å². The molecule has 1 aromatic heterocycles. The van der Waals surface area contributed by atoms with Crippen molar-refractivity contribution in [3.05, 3.63) is 23.0 Å². The molecule has 4 N–H and O–H groups in total. The summed E-state index contributed by atoms with van der Waals surface area (Å²) < 4.78 is 0. The van der Waals surface area contributed by atoms with Gasteiger partial charge in [0, 0.05) is 6.54 Å². The highest BCUT2D eigenvalue weighted by atomic mass is 35.5. The van der Waals surface area contributed by atoms with Crippen LogP contribution in [0.5, 0.6) is 0 Å². The Morgan fingerprint density at radius 1 is 1.65 bits per heavy atom. The number of aliphatic hydroxyl groups is 1. The number of carbonyl (C=O) groups is 1. The molecule has 2 rings (SSSR count). The standard InChI is InChI=1S/C11H14ClN3O2/c12-9-8(4-7(13)5-14-9)10(16)15-6-11(17)2-1-3-11/h4-5,17H,1-3,6,13H2,(H,15,16). The van der Waals surface area contributed by atoms with E-state index in [1.54, 1.807) is 0 Å². The summed E-state index contributed by atoms with van der Waals surface area (Å²) in [5, 5.41) is 12.6. The SMILES string of the molecule is Nc1cnc(Cl)c(C(=O)NCC2(O)CCC2)c1. The number of halogens is 1. The van der Waals surface area contributed by atoms with E-state index in [9.17, 15) is 9.90 Å². The lowest BCUT2D eigenvalue weighted by atomic mass is 9.80. The van der Waals surface area contributed by atoms with Crippen molar-refractivity contribution in [2.24, 2.45) is 0 Å². The molecule has 1 amide bonds. The average Bonchev–Trinajstić information content (AvgIpc) is 2.26. The van der Waals surface area contributed by atoms with Gasteiger partial charge >= 0.3 is 0 Å². The minimum absolute atomic E-state index is 0.109. The summed E-state index contributed by atoms with van der Waals surface area (Å²) in [5.41, 5.74) is 5.39. The van der Waals surface area contributed by atoms with Crippen molar-refractivity contribution in [2.45, 2.75) is 24.9 Å². The van der Waals surface area contributed by atoms with Crippen LogP contribution in [-0.4, -0.2) is 28.1 Å². The van der Waals surface area contributed by atoms with Crippen LogP contribution in [0.4, 0.5) is 5.69 Å². The van der Waals surface area contributed by atoms with Crippen LogP contribution in [0.2, 0.25) is 5.15 Å². The van der Waals surface area contributed by atoms with E-state index in [-0.39, 0.29) is 23.2 Å². The smallest absolute Gasteiger partial charge is 0.254 e. The van der Waals surface area contributed by atoms with E-state index < -0.39 is 5.60 Å². The third kappa shape index (κ3) is 2.68. The average molecular weight is 256 g/mol. The van der Waals surface area contributed by atoms with E-state index in [0.717, 1.165) is 19.3 Å². The van der Waals surface area contributed by atoms with Crippen LogP contribution in [0.1, 0.15) is 29.6 Å². The second kappa shape index (κ2) is 4.50. The quantitative estimate of drug-likeness (QED) is 0.702. The van der Waals surface area contributed by atoms with Gasteiger partial charge in [-0.25, -0.2) is 4.98 Å². The Kier molecular flexibility index (Phi) is 3.22. The van der Waals surface area contributed by atoms with Crippen LogP contribution >= 0.6 is 11.6 Å². The molecular weight excluding hydrogens is 242 g/mol. The van der Waals surface area contributed by atoms with Crippen molar-refractivity contribution in [1.82, 2.24) is 10.3 Å². The molecule has 5 nitrogen and oxygen atoms in total. The fraction of sp³-hybridized carbons (Fsp3) is 0.455. The third-order valence-electron chi connectivity index (χ3n) is 2.97. The Morgan fingerprint density at radius 3 is 2.94 bits per heavy atom. The molecule has 0 aliphatic heterocycles. The summed E-state index contributed by atoms with van der Waals surface area (Å²) in [6.07, 6.45) is 3.82. The number of nitrogens with one attached hydrogen (secondary N) is 1.